The fraction of sp³-hybridized carbons (Fsp3) is 0. The summed E-state index contributed by atoms with van der Waals surface area (Å²) in [5.74, 6) is 0. The van der Waals surface area contributed by atoms with Crippen molar-refractivity contribution in [3.05, 3.63) is 44.0 Å². The van der Waals surface area contributed by atoms with Gasteiger partial charge in [0.05, 0.1) is 4.92 Å². The van der Waals surface area contributed by atoms with Crippen LogP contribution in [0, 0.1) is 14.8 Å². The number of benzene rings is 1. The van der Waals surface area contributed by atoms with E-state index >= 15 is 0 Å². The minimum absolute atomic E-state index is 0.111. The SMILES string of the molecule is O=[N+]([O-])c1cc2cc(Cl)ccc2[nH]c1=S. The largest absolute Gasteiger partial charge is 0.340 e. The molecule has 15 heavy (non-hydrogen) atoms. The van der Waals surface area contributed by atoms with Crippen LogP contribution in [0.4, 0.5) is 5.69 Å². The molecule has 0 aliphatic carbocycles. The van der Waals surface area contributed by atoms with Crippen molar-refractivity contribution >= 4 is 40.4 Å². The number of nitro groups is 1. The molecule has 0 aliphatic rings. The maximum absolute atomic E-state index is 10.6. The first kappa shape index (κ1) is 10.1. The number of hydrogen-bond donors (Lipinski definition) is 1. The quantitative estimate of drug-likeness (QED) is 0.472. The van der Waals surface area contributed by atoms with E-state index in [1.54, 1.807) is 18.2 Å². The van der Waals surface area contributed by atoms with Crippen molar-refractivity contribution in [2.45, 2.75) is 0 Å². The summed E-state index contributed by atoms with van der Waals surface area (Å²) in [6.45, 7) is 0. The predicted octanol–water partition coefficient (Wildman–Crippen LogP) is 3.46. The monoisotopic (exact) mass is 240 g/mol. The van der Waals surface area contributed by atoms with Gasteiger partial charge in [0.15, 0.2) is 4.64 Å². The molecule has 6 heteroatoms. The number of aromatic nitrogens is 1. The van der Waals surface area contributed by atoms with Crippen LogP contribution in [0.2, 0.25) is 5.02 Å². The summed E-state index contributed by atoms with van der Waals surface area (Å²) < 4.78 is 0.120. The smallest absolute Gasteiger partial charge is 0.304 e. The molecule has 0 bridgehead atoms. The fourth-order valence-corrected chi connectivity index (χ4v) is 1.73. The highest BCUT2D eigenvalue weighted by atomic mass is 35.5. The number of rotatable bonds is 1. The first-order chi connectivity index (χ1) is 7.08. The van der Waals surface area contributed by atoms with E-state index in [-0.39, 0.29) is 10.3 Å². The van der Waals surface area contributed by atoms with Crippen molar-refractivity contribution in [3.63, 3.8) is 0 Å². The Kier molecular flexibility index (Phi) is 2.42. The molecule has 0 spiro atoms. The van der Waals surface area contributed by atoms with Gasteiger partial charge in [0, 0.05) is 22.0 Å². The van der Waals surface area contributed by atoms with Crippen LogP contribution < -0.4 is 0 Å². The van der Waals surface area contributed by atoms with E-state index in [0.717, 1.165) is 5.52 Å². The zero-order valence-electron chi connectivity index (χ0n) is 7.36. The second-order valence-electron chi connectivity index (χ2n) is 2.97. The molecule has 0 radical (unpaired) electrons. The summed E-state index contributed by atoms with van der Waals surface area (Å²) in [5.41, 5.74) is 0.620. The van der Waals surface area contributed by atoms with E-state index in [2.05, 4.69) is 4.98 Å². The zero-order valence-corrected chi connectivity index (χ0v) is 8.93. The van der Waals surface area contributed by atoms with Crippen LogP contribution in [0.15, 0.2) is 24.3 Å². The fourth-order valence-electron chi connectivity index (χ4n) is 1.30. The van der Waals surface area contributed by atoms with Gasteiger partial charge in [0.1, 0.15) is 0 Å². The topological polar surface area (TPSA) is 58.9 Å². The molecular weight excluding hydrogens is 236 g/mol. The van der Waals surface area contributed by atoms with Crippen LogP contribution in [0.5, 0.6) is 0 Å². The Hall–Kier alpha value is -1.46. The molecule has 0 saturated heterocycles. The average Bonchev–Trinajstić information content (AvgIpc) is 2.17. The molecule has 4 nitrogen and oxygen atoms in total. The molecule has 0 fully saturated rings. The van der Waals surface area contributed by atoms with Crippen LogP contribution in [0.1, 0.15) is 0 Å². The van der Waals surface area contributed by atoms with Crippen LogP contribution >= 0.6 is 23.8 Å². The van der Waals surface area contributed by atoms with Crippen LogP contribution in [0.3, 0.4) is 0 Å². The normalized spacial score (nSPS) is 10.5. The summed E-state index contributed by atoms with van der Waals surface area (Å²) in [5, 5.41) is 11.8. The summed E-state index contributed by atoms with van der Waals surface area (Å²) in [6.07, 6.45) is 0. The second kappa shape index (κ2) is 3.60. The van der Waals surface area contributed by atoms with Crippen molar-refractivity contribution in [3.8, 4) is 0 Å². The number of nitrogens with one attached hydrogen (secondary N) is 1. The van der Waals surface area contributed by atoms with Gasteiger partial charge in [-0.15, -0.1) is 0 Å². The Labute approximate surface area is 94.6 Å². The number of nitrogens with zero attached hydrogens (tertiary/aromatic N) is 1. The van der Waals surface area contributed by atoms with E-state index in [1.165, 1.54) is 6.07 Å². The number of H-pyrrole nitrogens is 1. The molecule has 0 aliphatic heterocycles. The third-order valence-electron chi connectivity index (χ3n) is 1.98. The summed E-state index contributed by atoms with van der Waals surface area (Å²) in [4.78, 5) is 12.9. The maximum atomic E-state index is 10.6. The molecule has 1 aromatic heterocycles. The van der Waals surface area contributed by atoms with Gasteiger partial charge >= 0.3 is 5.69 Å². The predicted molar refractivity (Wildman–Crippen MR) is 60.8 cm³/mol. The van der Waals surface area contributed by atoms with E-state index in [4.69, 9.17) is 23.8 Å². The molecule has 1 N–H and O–H groups in total. The third kappa shape index (κ3) is 1.84. The van der Waals surface area contributed by atoms with Crippen molar-refractivity contribution in [1.82, 2.24) is 4.98 Å². The molecule has 2 aromatic rings. The lowest BCUT2D eigenvalue weighted by atomic mass is 10.2. The van der Waals surface area contributed by atoms with Crippen molar-refractivity contribution < 1.29 is 4.92 Å². The number of halogens is 1. The van der Waals surface area contributed by atoms with Crippen LogP contribution in [-0.2, 0) is 0 Å². The van der Waals surface area contributed by atoms with Gasteiger partial charge in [-0.2, -0.15) is 0 Å². The molecule has 0 amide bonds. The molecule has 0 unspecified atom stereocenters. The van der Waals surface area contributed by atoms with Gasteiger partial charge < -0.3 is 4.98 Å². The highest BCUT2D eigenvalue weighted by molar-refractivity contribution is 7.71. The van der Waals surface area contributed by atoms with E-state index < -0.39 is 4.92 Å². The van der Waals surface area contributed by atoms with E-state index in [0.29, 0.717) is 10.4 Å². The Morgan fingerprint density at radius 3 is 2.80 bits per heavy atom. The first-order valence-electron chi connectivity index (χ1n) is 4.05. The average molecular weight is 241 g/mol. The lowest BCUT2D eigenvalue weighted by Crippen LogP contribution is -1.91. The number of pyridine rings is 1. The summed E-state index contributed by atoms with van der Waals surface area (Å²) in [6, 6.07) is 6.49. The van der Waals surface area contributed by atoms with Gasteiger partial charge in [0.25, 0.3) is 0 Å². The Morgan fingerprint density at radius 1 is 1.40 bits per heavy atom. The molecular formula is C9H5ClN2O2S. The molecule has 0 saturated carbocycles. The molecule has 0 atom stereocenters. The van der Waals surface area contributed by atoms with Crippen molar-refractivity contribution in [2.24, 2.45) is 0 Å². The molecule has 76 valence electrons. The zero-order chi connectivity index (χ0) is 11.0. The van der Waals surface area contributed by atoms with Crippen molar-refractivity contribution in [2.75, 3.05) is 0 Å². The first-order valence-corrected chi connectivity index (χ1v) is 4.83. The highest BCUT2D eigenvalue weighted by Crippen LogP contribution is 2.22. The Morgan fingerprint density at radius 2 is 2.13 bits per heavy atom. The second-order valence-corrected chi connectivity index (χ2v) is 3.82. The Balaban J connectivity index is 2.83. The maximum Gasteiger partial charge on any atom is 0.304 e. The van der Waals surface area contributed by atoms with Gasteiger partial charge in [-0.1, -0.05) is 23.8 Å². The summed E-state index contributed by atoms with van der Waals surface area (Å²) >= 11 is 10.6. The number of hydrogen-bond acceptors (Lipinski definition) is 3. The summed E-state index contributed by atoms with van der Waals surface area (Å²) in [7, 11) is 0. The molecule has 1 heterocycles. The van der Waals surface area contributed by atoms with Gasteiger partial charge in [0.2, 0.25) is 0 Å². The number of aromatic amines is 1. The van der Waals surface area contributed by atoms with E-state index in [9.17, 15) is 10.1 Å². The van der Waals surface area contributed by atoms with Gasteiger partial charge in [-0.25, -0.2) is 0 Å². The standard InChI is InChI=1S/C9H5ClN2O2S/c10-6-1-2-7-5(3-6)4-8(12(13)14)9(15)11-7/h1-4H,(H,11,15). The highest BCUT2D eigenvalue weighted by Gasteiger charge is 2.10. The Bertz CT molecular complexity index is 609. The van der Waals surface area contributed by atoms with Crippen LogP contribution in [0.25, 0.3) is 10.9 Å². The van der Waals surface area contributed by atoms with E-state index in [1.807, 2.05) is 0 Å². The van der Waals surface area contributed by atoms with Crippen LogP contribution in [-0.4, -0.2) is 9.91 Å². The van der Waals surface area contributed by atoms with Gasteiger partial charge in [-0.3, -0.25) is 10.1 Å². The molecule has 2 rings (SSSR count). The molecule has 1 aromatic carbocycles. The minimum atomic E-state index is -0.515. The lowest BCUT2D eigenvalue weighted by Gasteiger charge is -1.99. The van der Waals surface area contributed by atoms with Crippen molar-refractivity contribution in [1.29, 1.82) is 0 Å². The van der Waals surface area contributed by atoms with Gasteiger partial charge in [-0.05, 0) is 18.2 Å². The lowest BCUT2D eigenvalue weighted by molar-refractivity contribution is -0.385. The minimum Gasteiger partial charge on any atom is -0.340 e. The number of fused-ring (bicyclic) bond motifs is 1. The third-order valence-corrected chi connectivity index (χ3v) is 2.53.